The number of fused-ring (bicyclic) bond motifs is 1. The van der Waals surface area contributed by atoms with Gasteiger partial charge in [-0.2, -0.15) is 0 Å². The number of rotatable bonds is 6. The Morgan fingerprint density at radius 1 is 0.562 bits per heavy atom. The fourth-order valence-electron chi connectivity index (χ4n) is 8.02. The summed E-state index contributed by atoms with van der Waals surface area (Å²) in [6.07, 6.45) is 1.71. The molecular weight excluding hydrogens is 962 g/mol. The maximum absolute atomic E-state index is 13.0. The SMILES string of the molecule is [2H]C([2H])([2H])C(c1cc(-c2nc3c(-c4[c-]c(-c5cc(-c6ccc(C)cc6)ccn5)cc(C(C)(C)C)c4)cccc3n2-c2ccc(-c3ccccc3)c(C(C)(C)C)c2)c(O)c(C(C([2H])([2H])[2H])(C([2H])([2H])[2H])C([2H])([2H])[2H])c1)(C([2H])([2H])[2H])C([2H])([2H])[2H].[Pt]. The van der Waals surface area contributed by atoms with Gasteiger partial charge in [0.25, 0.3) is 0 Å². The van der Waals surface area contributed by atoms with Gasteiger partial charge < -0.3 is 5.11 Å². The largest absolute Gasteiger partial charge is 0.507 e. The molecule has 0 aliphatic carbocycles. The van der Waals surface area contributed by atoms with E-state index in [9.17, 15) is 5.11 Å². The first kappa shape index (κ1) is 28.4. The Morgan fingerprint density at radius 3 is 1.92 bits per heavy atom. The quantitative estimate of drug-likeness (QED) is 0.169. The van der Waals surface area contributed by atoms with Crippen LogP contribution in [0.3, 0.4) is 0 Å². The molecule has 330 valence electrons. The third-order valence-corrected chi connectivity index (χ3v) is 11.5. The van der Waals surface area contributed by atoms with Crippen molar-refractivity contribution in [1.29, 1.82) is 0 Å². The molecule has 0 bridgehead atoms. The van der Waals surface area contributed by atoms with Gasteiger partial charge in [0, 0.05) is 68.9 Å². The molecule has 2 heterocycles. The zero-order chi connectivity index (χ0) is 60.2. The van der Waals surface area contributed by atoms with Gasteiger partial charge in [0.15, 0.2) is 0 Å². The molecule has 0 aliphatic rings. The standard InChI is InChI=1S/C59H62N3O.Pt/c1-37-22-24-38(25-23-37)40-28-29-60-51(33-40)42-30-41(31-43(32-42)56(2,3)4)47-20-17-21-52-53(47)61-55(48-34-44(57(5,6)7)35-50(54(48)63)59(11,12)13)62(52)45-26-27-46(39-18-15-14-16-19-39)49(36-45)58(8,9)10;/h14-29,31-36,63H,1-13H3;/q-1;/i5D3,6D3,7D3,11D3,12D3,13D3;. The van der Waals surface area contributed by atoms with Gasteiger partial charge in [-0.05, 0) is 92.3 Å². The summed E-state index contributed by atoms with van der Waals surface area (Å²) in [4.78, 5) is 9.94. The van der Waals surface area contributed by atoms with Crippen molar-refractivity contribution in [3.63, 3.8) is 0 Å². The minimum Gasteiger partial charge on any atom is -0.507 e. The Kier molecular flexibility index (Phi) is 7.58. The fourth-order valence-corrected chi connectivity index (χ4v) is 8.02. The molecule has 0 radical (unpaired) electrons. The van der Waals surface area contributed by atoms with E-state index < -0.39 is 91.0 Å². The van der Waals surface area contributed by atoms with Crippen LogP contribution in [0.2, 0.25) is 0 Å². The number of hydrogen-bond acceptors (Lipinski definition) is 3. The van der Waals surface area contributed by atoms with Crippen LogP contribution in [0.15, 0.2) is 134 Å². The first-order valence-electron chi connectivity index (χ1n) is 29.8. The zero-order valence-corrected chi connectivity index (χ0v) is 39.1. The molecule has 0 spiro atoms. The van der Waals surface area contributed by atoms with Crippen LogP contribution >= 0.6 is 0 Å². The number of aryl methyl sites for hydroxylation is 1. The smallest absolute Gasteiger partial charge is 0.148 e. The molecule has 8 rings (SSSR count). The monoisotopic (exact) mass is 1040 g/mol. The van der Waals surface area contributed by atoms with E-state index in [1.807, 2.05) is 139 Å². The van der Waals surface area contributed by atoms with Crippen LogP contribution in [-0.4, -0.2) is 19.6 Å². The van der Waals surface area contributed by atoms with Gasteiger partial charge in [0.05, 0.1) is 16.6 Å². The Bertz CT molecular complexity index is 3600. The molecule has 0 amide bonds. The van der Waals surface area contributed by atoms with Crippen LogP contribution in [0.1, 0.15) is 135 Å². The maximum atomic E-state index is 13.0. The maximum Gasteiger partial charge on any atom is 0.148 e. The Morgan fingerprint density at radius 2 is 1.25 bits per heavy atom. The molecule has 4 nitrogen and oxygen atoms in total. The summed E-state index contributed by atoms with van der Waals surface area (Å²) in [5, 5.41) is 13.0. The van der Waals surface area contributed by atoms with Gasteiger partial charge in [-0.25, -0.2) is 4.98 Å². The Balaban J connectivity index is 0.00000968. The average molecular weight is 1040 g/mol. The van der Waals surface area contributed by atoms with Gasteiger partial charge in [-0.15, -0.1) is 29.3 Å². The number of nitrogens with zero attached hydrogens (tertiary/aromatic N) is 3. The number of hydrogen-bond donors (Lipinski definition) is 1. The molecule has 2 aromatic heterocycles. The number of aromatic nitrogens is 3. The van der Waals surface area contributed by atoms with E-state index in [1.54, 1.807) is 30.5 Å². The summed E-state index contributed by atoms with van der Waals surface area (Å²) in [5.41, 5.74) is -3.52. The Labute approximate surface area is 421 Å². The number of pyridine rings is 1. The molecule has 0 saturated heterocycles. The van der Waals surface area contributed by atoms with Crippen LogP contribution in [-0.2, 0) is 42.7 Å². The summed E-state index contributed by atoms with van der Waals surface area (Å²) in [6.45, 7) is -10.4. The van der Waals surface area contributed by atoms with Gasteiger partial charge in [0.2, 0.25) is 0 Å². The Hall–Kier alpha value is -5.57. The third kappa shape index (κ3) is 9.18. The summed E-state index contributed by atoms with van der Waals surface area (Å²) in [6, 6.07) is 40.5. The number of imidazole rings is 1. The van der Waals surface area contributed by atoms with Crippen LogP contribution < -0.4 is 0 Å². The van der Waals surface area contributed by atoms with Crippen molar-refractivity contribution in [2.75, 3.05) is 0 Å². The van der Waals surface area contributed by atoms with E-state index in [1.165, 1.54) is 4.57 Å². The van der Waals surface area contributed by atoms with Gasteiger partial charge in [0.1, 0.15) is 11.6 Å². The van der Waals surface area contributed by atoms with Crippen molar-refractivity contribution in [3.05, 3.63) is 167 Å². The minimum absolute atomic E-state index is 0. The summed E-state index contributed by atoms with van der Waals surface area (Å²) < 4.78 is 159. The van der Waals surface area contributed by atoms with Crippen molar-refractivity contribution in [2.45, 2.75) is 111 Å². The average Bonchev–Trinajstić information content (AvgIpc) is 2.09. The van der Waals surface area contributed by atoms with E-state index in [-0.39, 0.29) is 32.1 Å². The van der Waals surface area contributed by atoms with Crippen molar-refractivity contribution in [3.8, 4) is 67.5 Å². The normalized spacial score (nSPS) is 17.7. The van der Waals surface area contributed by atoms with E-state index in [2.05, 4.69) is 6.07 Å². The topological polar surface area (TPSA) is 50.9 Å². The summed E-state index contributed by atoms with van der Waals surface area (Å²) in [5.74, 6) is -1.76. The molecule has 0 fully saturated rings. The van der Waals surface area contributed by atoms with Crippen molar-refractivity contribution >= 4 is 11.0 Å². The number of aromatic hydroxyl groups is 1. The fraction of sp³-hybridized carbons (Fsp3) is 0.288. The number of benzene rings is 6. The predicted octanol–water partition coefficient (Wildman–Crippen LogP) is 15.8. The number of para-hydroxylation sites is 1. The molecule has 6 aromatic carbocycles. The van der Waals surface area contributed by atoms with Crippen LogP contribution in [0, 0.1) is 13.0 Å². The molecule has 1 N–H and O–H groups in total. The van der Waals surface area contributed by atoms with Crippen LogP contribution in [0.4, 0.5) is 0 Å². The van der Waals surface area contributed by atoms with Crippen molar-refractivity contribution in [1.82, 2.24) is 14.5 Å². The van der Waals surface area contributed by atoms with E-state index in [0.717, 1.165) is 45.0 Å². The van der Waals surface area contributed by atoms with Gasteiger partial charge >= 0.3 is 0 Å². The summed E-state index contributed by atoms with van der Waals surface area (Å²) >= 11 is 0. The molecule has 64 heavy (non-hydrogen) atoms. The summed E-state index contributed by atoms with van der Waals surface area (Å²) in [7, 11) is 0. The van der Waals surface area contributed by atoms with Gasteiger partial charge in [-0.1, -0.05) is 184 Å². The van der Waals surface area contributed by atoms with E-state index >= 15 is 0 Å². The van der Waals surface area contributed by atoms with Gasteiger partial charge in [-0.3, -0.25) is 9.55 Å². The van der Waals surface area contributed by atoms with Crippen molar-refractivity contribution in [2.24, 2.45) is 0 Å². The minimum atomic E-state index is -4.13. The van der Waals surface area contributed by atoms with E-state index in [4.69, 9.17) is 34.6 Å². The second-order valence-electron chi connectivity index (χ2n) is 18.5. The number of phenols is 1. The van der Waals surface area contributed by atoms with E-state index in [0.29, 0.717) is 34.1 Å². The predicted molar refractivity (Wildman–Crippen MR) is 266 cm³/mol. The van der Waals surface area contributed by atoms with Crippen LogP contribution in [0.25, 0.3) is 72.7 Å². The first-order valence-corrected chi connectivity index (χ1v) is 20.8. The molecular formula is C59H62N3OPt-. The third-order valence-electron chi connectivity index (χ3n) is 11.5. The molecule has 0 saturated carbocycles. The molecule has 5 heteroatoms. The second kappa shape index (κ2) is 17.1. The zero-order valence-electron chi connectivity index (χ0n) is 54.8. The second-order valence-corrected chi connectivity index (χ2v) is 18.5. The number of phenolic OH excluding ortho intramolecular Hbond substituents is 1. The van der Waals surface area contributed by atoms with Crippen molar-refractivity contribution < 1.29 is 50.8 Å². The molecule has 8 aromatic rings. The molecule has 0 unspecified atom stereocenters. The molecule has 0 atom stereocenters. The first-order chi connectivity index (χ1) is 37.1. The molecule has 0 aliphatic heterocycles. The van der Waals surface area contributed by atoms with Crippen LogP contribution in [0.5, 0.6) is 5.75 Å².